The molecule has 0 atom stereocenters. The van der Waals surface area contributed by atoms with Gasteiger partial charge in [-0.3, -0.25) is 0 Å². The number of anilines is 3. The van der Waals surface area contributed by atoms with Crippen LogP contribution in [0.4, 0.5) is 17.1 Å². The number of hydrogen-bond acceptors (Lipinski definition) is 3. The van der Waals surface area contributed by atoms with Gasteiger partial charge in [0.25, 0.3) is 0 Å². The van der Waals surface area contributed by atoms with Crippen molar-refractivity contribution in [2.75, 3.05) is 4.90 Å². The fourth-order valence-electron chi connectivity index (χ4n) is 3.82. The summed E-state index contributed by atoms with van der Waals surface area (Å²) in [6.07, 6.45) is 1.80. The van der Waals surface area contributed by atoms with Gasteiger partial charge in [0.15, 0.2) is 11.5 Å². The molecule has 0 saturated carbocycles. The molecule has 0 radical (unpaired) electrons. The van der Waals surface area contributed by atoms with Gasteiger partial charge in [-0.1, -0.05) is 39.0 Å². The Morgan fingerprint density at radius 2 is 1.52 bits per heavy atom. The SMILES string of the molecule is Cc1ccc2c(c1)Oc1c(coc1C)N2c1c(C)cc(C(C)(C)C)cc1C. The molecule has 0 fully saturated rings. The average Bonchev–Trinajstić information content (AvgIpc) is 2.93. The van der Waals surface area contributed by atoms with E-state index in [1.165, 1.54) is 27.9 Å². The number of ether oxygens (including phenoxy) is 1. The van der Waals surface area contributed by atoms with E-state index in [1.54, 1.807) is 6.26 Å². The molecule has 3 nitrogen and oxygen atoms in total. The second-order valence-corrected chi connectivity index (χ2v) is 8.62. The van der Waals surface area contributed by atoms with Crippen LogP contribution >= 0.6 is 0 Å². The highest BCUT2D eigenvalue weighted by molar-refractivity contribution is 5.88. The third-order valence-electron chi connectivity index (χ3n) is 5.29. The summed E-state index contributed by atoms with van der Waals surface area (Å²) < 4.78 is 11.9. The summed E-state index contributed by atoms with van der Waals surface area (Å²) in [5, 5.41) is 0. The van der Waals surface area contributed by atoms with E-state index in [2.05, 4.69) is 76.8 Å². The topological polar surface area (TPSA) is 25.6 Å². The van der Waals surface area contributed by atoms with E-state index in [4.69, 9.17) is 9.15 Å². The Bertz CT molecular complexity index is 1010. The molecule has 0 spiro atoms. The summed E-state index contributed by atoms with van der Waals surface area (Å²) >= 11 is 0. The molecule has 3 aromatic rings. The van der Waals surface area contributed by atoms with Crippen molar-refractivity contribution >= 4 is 17.1 Å². The molecular weight excluding hydrogens is 334 g/mol. The van der Waals surface area contributed by atoms with E-state index in [1.807, 2.05) is 6.92 Å². The van der Waals surface area contributed by atoms with Gasteiger partial charge in [0.1, 0.15) is 17.7 Å². The minimum atomic E-state index is 0.117. The number of benzene rings is 2. The van der Waals surface area contributed by atoms with Gasteiger partial charge in [-0.05, 0) is 67.5 Å². The Labute approximate surface area is 161 Å². The molecule has 1 aliphatic heterocycles. The van der Waals surface area contributed by atoms with Gasteiger partial charge in [-0.25, -0.2) is 0 Å². The van der Waals surface area contributed by atoms with Crippen molar-refractivity contribution in [3.63, 3.8) is 0 Å². The third-order valence-corrected chi connectivity index (χ3v) is 5.29. The number of aryl methyl sites for hydroxylation is 4. The van der Waals surface area contributed by atoms with Crippen LogP contribution in [-0.4, -0.2) is 0 Å². The van der Waals surface area contributed by atoms with E-state index in [0.717, 1.165) is 28.6 Å². The standard InChI is InChI=1S/C24H27NO2/c1-14-8-9-19-21(10-14)27-23-17(4)26-13-20(23)25(19)22-15(2)11-18(12-16(22)3)24(5,6)7/h8-13H,1-7H3. The third kappa shape index (κ3) is 2.82. The molecule has 140 valence electrons. The van der Waals surface area contributed by atoms with Crippen molar-refractivity contribution in [3.05, 3.63) is 64.6 Å². The summed E-state index contributed by atoms with van der Waals surface area (Å²) in [5.74, 6) is 2.46. The Hall–Kier alpha value is -2.68. The molecular formula is C24H27NO2. The van der Waals surface area contributed by atoms with Crippen LogP contribution in [0.1, 0.15) is 48.8 Å². The first kappa shape index (κ1) is 17.7. The van der Waals surface area contributed by atoms with Crippen LogP contribution in [0.25, 0.3) is 0 Å². The summed E-state index contributed by atoms with van der Waals surface area (Å²) in [6.45, 7) is 15.2. The zero-order chi connectivity index (χ0) is 19.5. The molecule has 4 rings (SSSR count). The van der Waals surface area contributed by atoms with E-state index >= 15 is 0 Å². The lowest BCUT2D eigenvalue weighted by Gasteiger charge is -2.34. The normalized spacial score (nSPS) is 13.2. The summed E-state index contributed by atoms with van der Waals surface area (Å²) in [7, 11) is 0. The quantitative estimate of drug-likeness (QED) is 0.353. The molecule has 0 amide bonds. The number of nitrogens with zero attached hydrogens (tertiary/aromatic N) is 1. The fraction of sp³-hybridized carbons (Fsp3) is 0.333. The first-order valence-electron chi connectivity index (χ1n) is 9.45. The minimum Gasteiger partial charge on any atom is -0.463 e. The molecule has 1 aliphatic rings. The van der Waals surface area contributed by atoms with Gasteiger partial charge in [0.05, 0.1) is 11.4 Å². The number of fused-ring (bicyclic) bond motifs is 2. The first-order valence-corrected chi connectivity index (χ1v) is 9.45. The number of furan rings is 1. The Kier molecular flexibility index (Phi) is 3.88. The lowest BCUT2D eigenvalue weighted by molar-refractivity contribution is 0.448. The molecule has 2 aromatic carbocycles. The molecule has 27 heavy (non-hydrogen) atoms. The van der Waals surface area contributed by atoms with Crippen molar-refractivity contribution in [2.24, 2.45) is 0 Å². The highest BCUT2D eigenvalue weighted by Crippen LogP contribution is 2.54. The first-order chi connectivity index (χ1) is 12.7. The maximum atomic E-state index is 6.20. The van der Waals surface area contributed by atoms with Crippen LogP contribution in [0.15, 0.2) is 41.0 Å². The number of rotatable bonds is 1. The number of hydrogen-bond donors (Lipinski definition) is 0. The molecule has 2 heterocycles. The molecule has 0 unspecified atom stereocenters. The van der Waals surface area contributed by atoms with E-state index in [-0.39, 0.29) is 5.41 Å². The Morgan fingerprint density at radius 3 is 2.15 bits per heavy atom. The smallest absolute Gasteiger partial charge is 0.192 e. The highest BCUT2D eigenvalue weighted by Gasteiger charge is 2.31. The molecule has 1 aromatic heterocycles. The zero-order valence-corrected chi connectivity index (χ0v) is 17.2. The van der Waals surface area contributed by atoms with Crippen LogP contribution in [0.5, 0.6) is 11.5 Å². The summed E-state index contributed by atoms with van der Waals surface area (Å²) in [6, 6.07) is 11.0. The highest BCUT2D eigenvalue weighted by atomic mass is 16.5. The zero-order valence-electron chi connectivity index (χ0n) is 17.2. The van der Waals surface area contributed by atoms with Gasteiger partial charge in [-0.15, -0.1) is 0 Å². The van der Waals surface area contributed by atoms with Crippen molar-refractivity contribution in [1.82, 2.24) is 0 Å². The maximum absolute atomic E-state index is 6.20. The van der Waals surface area contributed by atoms with Gasteiger partial charge >= 0.3 is 0 Å². The lowest BCUT2D eigenvalue weighted by atomic mass is 9.84. The fourth-order valence-corrected chi connectivity index (χ4v) is 3.82. The van der Waals surface area contributed by atoms with Crippen molar-refractivity contribution < 1.29 is 9.15 Å². The monoisotopic (exact) mass is 361 g/mol. The van der Waals surface area contributed by atoms with Gasteiger partial charge in [0, 0.05) is 0 Å². The van der Waals surface area contributed by atoms with Crippen LogP contribution in [-0.2, 0) is 5.41 Å². The van der Waals surface area contributed by atoms with Crippen molar-refractivity contribution in [3.8, 4) is 11.5 Å². The Balaban J connectivity index is 1.97. The van der Waals surface area contributed by atoms with E-state index in [9.17, 15) is 0 Å². The van der Waals surface area contributed by atoms with E-state index in [0.29, 0.717) is 0 Å². The minimum absolute atomic E-state index is 0.117. The van der Waals surface area contributed by atoms with Crippen LogP contribution in [0.2, 0.25) is 0 Å². The Morgan fingerprint density at radius 1 is 0.852 bits per heavy atom. The largest absolute Gasteiger partial charge is 0.463 e. The van der Waals surface area contributed by atoms with Gasteiger partial charge in [-0.2, -0.15) is 0 Å². The molecule has 0 bridgehead atoms. The molecule has 3 heteroatoms. The molecule has 0 N–H and O–H groups in total. The molecule has 0 saturated heterocycles. The molecule has 0 aliphatic carbocycles. The van der Waals surface area contributed by atoms with Crippen LogP contribution in [0, 0.1) is 27.7 Å². The average molecular weight is 361 g/mol. The van der Waals surface area contributed by atoms with Crippen LogP contribution < -0.4 is 9.64 Å². The lowest BCUT2D eigenvalue weighted by Crippen LogP contribution is -2.19. The second kappa shape index (κ2) is 5.91. The predicted molar refractivity (Wildman–Crippen MR) is 111 cm³/mol. The maximum Gasteiger partial charge on any atom is 0.192 e. The van der Waals surface area contributed by atoms with Crippen molar-refractivity contribution in [1.29, 1.82) is 0 Å². The van der Waals surface area contributed by atoms with Crippen molar-refractivity contribution in [2.45, 2.75) is 53.9 Å². The van der Waals surface area contributed by atoms with Gasteiger partial charge in [0.2, 0.25) is 0 Å². The summed E-state index contributed by atoms with van der Waals surface area (Å²) in [5.41, 5.74) is 8.33. The van der Waals surface area contributed by atoms with E-state index < -0.39 is 0 Å². The van der Waals surface area contributed by atoms with Crippen LogP contribution in [0.3, 0.4) is 0 Å². The summed E-state index contributed by atoms with van der Waals surface area (Å²) in [4.78, 5) is 2.28. The van der Waals surface area contributed by atoms with Gasteiger partial charge < -0.3 is 14.1 Å². The second-order valence-electron chi connectivity index (χ2n) is 8.62. The predicted octanol–water partition coefficient (Wildman–Crippen LogP) is 7.39.